The molecule has 2 unspecified atom stereocenters. The Kier molecular flexibility index (Phi) is 6.25. The Morgan fingerprint density at radius 2 is 1.28 bits per heavy atom. The molecular formula is C31H25Cl2NO2. The van der Waals surface area contributed by atoms with Crippen molar-refractivity contribution in [3.8, 4) is 0 Å². The fraction of sp³-hybridized carbons (Fsp3) is 0.129. The molecule has 3 nitrogen and oxygen atoms in total. The van der Waals surface area contributed by atoms with Gasteiger partial charge in [-0.3, -0.25) is 4.79 Å². The van der Waals surface area contributed by atoms with Gasteiger partial charge < -0.3 is 10.4 Å². The highest BCUT2D eigenvalue weighted by atomic mass is 35.5. The van der Waals surface area contributed by atoms with Crippen molar-refractivity contribution in [3.63, 3.8) is 0 Å². The maximum absolute atomic E-state index is 13.9. The Morgan fingerprint density at radius 3 is 1.97 bits per heavy atom. The van der Waals surface area contributed by atoms with Crippen LogP contribution in [0.2, 0.25) is 10.0 Å². The molecule has 0 fully saturated rings. The van der Waals surface area contributed by atoms with E-state index < -0.39 is 11.1 Å². The van der Waals surface area contributed by atoms with Crippen LogP contribution in [0.5, 0.6) is 0 Å². The van der Waals surface area contributed by atoms with Gasteiger partial charge in [0.05, 0.1) is 0 Å². The second-order valence-corrected chi connectivity index (χ2v) is 9.90. The van der Waals surface area contributed by atoms with Crippen molar-refractivity contribution < 1.29 is 9.90 Å². The molecule has 1 aliphatic carbocycles. The monoisotopic (exact) mass is 513 g/mol. The van der Waals surface area contributed by atoms with Crippen molar-refractivity contribution in [1.82, 2.24) is 5.32 Å². The summed E-state index contributed by atoms with van der Waals surface area (Å²) in [6.07, 6.45) is 3.64. The van der Waals surface area contributed by atoms with Gasteiger partial charge >= 0.3 is 0 Å². The summed E-state index contributed by atoms with van der Waals surface area (Å²) in [5, 5.41) is 17.2. The molecule has 0 aliphatic heterocycles. The third-order valence-corrected chi connectivity index (χ3v) is 7.95. The number of carbonyl (C=O) groups is 1. The largest absolute Gasteiger partial charge is 0.378 e. The zero-order valence-electron chi connectivity index (χ0n) is 19.9. The number of carbonyl (C=O) groups excluding carboxylic acids is 1. The molecular weight excluding hydrogens is 489 g/mol. The van der Waals surface area contributed by atoms with E-state index in [1.54, 1.807) is 30.3 Å². The number of nitrogens with one attached hydrogen (secondary N) is 1. The average Bonchev–Trinajstić information content (AvgIpc) is 2.89. The first-order valence-corrected chi connectivity index (χ1v) is 12.4. The molecule has 0 saturated carbocycles. The van der Waals surface area contributed by atoms with E-state index in [9.17, 15) is 9.90 Å². The van der Waals surface area contributed by atoms with E-state index in [1.165, 1.54) is 0 Å². The fourth-order valence-corrected chi connectivity index (χ4v) is 5.61. The Hall–Kier alpha value is -3.37. The molecule has 4 aromatic carbocycles. The summed E-state index contributed by atoms with van der Waals surface area (Å²) < 4.78 is 0. The lowest BCUT2D eigenvalue weighted by molar-refractivity contribution is 0.000148. The van der Waals surface area contributed by atoms with Crippen LogP contribution < -0.4 is 5.32 Å². The van der Waals surface area contributed by atoms with Gasteiger partial charge in [0.1, 0.15) is 11.1 Å². The van der Waals surface area contributed by atoms with Gasteiger partial charge in [0.2, 0.25) is 0 Å². The molecule has 0 saturated heterocycles. The summed E-state index contributed by atoms with van der Waals surface area (Å²) >= 11 is 13.2. The minimum atomic E-state index is -1.70. The van der Waals surface area contributed by atoms with Gasteiger partial charge in [-0.15, -0.1) is 0 Å². The molecule has 5 rings (SSSR count). The summed E-state index contributed by atoms with van der Waals surface area (Å²) in [4.78, 5) is 13.9. The van der Waals surface area contributed by atoms with Crippen LogP contribution in [0.1, 0.15) is 43.7 Å². The first-order chi connectivity index (χ1) is 17.3. The van der Waals surface area contributed by atoms with E-state index >= 15 is 0 Å². The van der Waals surface area contributed by atoms with Gasteiger partial charge in [0, 0.05) is 15.6 Å². The van der Waals surface area contributed by atoms with E-state index in [-0.39, 0.29) is 5.91 Å². The fourth-order valence-electron chi connectivity index (χ4n) is 5.26. The maximum Gasteiger partial charge on any atom is 0.252 e. The van der Waals surface area contributed by atoms with Crippen LogP contribution in [0.25, 0.3) is 6.08 Å². The summed E-state index contributed by atoms with van der Waals surface area (Å²) in [6, 6.07) is 27.8. The lowest BCUT2D eigenvalue weighted by Gasteiger charge is -2.51. The molecule has 180 valence electrons. The lowest BCUT2D eigenvalue weighted by Crippen LogP contribution is -2.61. The topological polar surface area (TPSA) is 49.3 Å². The van der Waals surface area contributed by atoms with Crippen LogP contribution in [0, 0.1) is 13.8 Å². The minimum absolute atomic E-state index is 0.321. The SMILES string of the molecule is Cc1c(Cl)cccc1C1(O)C=Cc2ccccc2C1(NC(=O)c1ccccc1)c1cccc(Cl)c1C. The van der Waals surface area contributed by atoms with Gasteiger partial charge in [-0.2, -0.15) is 0 Å². The molecule has 2 N–H and O–H groups in total. The van der Waals surface area contributed by atoms with Crippen molar-refractivity contribution >= 4 is 35.2 Å². The second-order valence-electron chi connectivity index (χ2n) is 9.08. The number of halogens is 2. The smallest absolute Gasteiger partial charge is 0.252 e. The summed E-state index contributed by atoms with van der Waals surface area (Å²) in [6.45, 7) is 3.78. The molecule has 1 aliphatic rings. The van der Waals surface area contributed by atoms with Gasteiger partial charge in [0.15, 0.2) is 0 Å². The summed E-state index contributed by atoms with van der Waals surface area (Å²) in [5.41, 5.74) is 1.77. The molecule has 0 aromatic heterocycles. The zero-order valence-corrected chi connectivity index (χ0v) is 21.4. The Morgan fingerprint density at radius 1 is 0.722 bits per heavy atom. The van der Waals surface area contributed by atoms with Crippen molar-refractivity contribution in [2.24, 2.45) is 0 Å². The third-order valence-electron chi connectivity index (χ3n) is 7.13. The predicted molar refractivity (Wildman–Crippen MR) is 146 cm³/mol. The second kappa shape index (κ2) is 9.25. The van der Waals surface area contributed by atoms with Crippen LogP contribution in [-0.4, -0.2) is 11.0 Å². The van der Waals surface area contributed by atoms with Gasteiger partial charge in [-0.05, 0) is 77.6 Å². The van der Waals surface area contributed by atoms with E-state index in [4.69, 9.17) is 23.2 Å². The highest BCUT2D eigenvalue weighted by Crippen LogP contribution is 2.53. The molecule has 2 atom stereocenters. The van der Waals surface area contributed by atoms with Crippen molar-refractivity contribution in [1.29, 1.82) is 0 Å². The molecule has 1 amide bonds. The molecule has 0 heterocycles. The minimum Gasteiger partial charge on any atom is -0.378 e. The van der Waals surface area contributed by atoms with Crippen LogP contribution in [0.3, 0.4) is 0 Å². The Balaban J connectivity index is 1.91. The number of rotatable bonds is 4. The Bertz CT molecular complexity index is 1500. The van der Waals surface area contributed by atoms with Crippen molar-refractivity contribution in [2.45, 2.75) is 25.0 Å². The summed E-state index contributed by atoms with van der Waals surface area (Å²) in [7, 11) is 0. The standard InChI is InChI=1S/C31H25Cl2NO2/c1-20-24(14-8-16-27(20)32)30(36)19-18-22-10-6-7-13-26(22)31(30,25-15-9-17-28(33)21(25)2)34-29(35)23-11-4-3-5-12-23/h3-19,36H,1-2H3,(H,34,35). The van der Waals surface area contributed by atoms with Crippen LogP contribution in [-0.2, 0) is 11.1 Å². The van der Waals surface area contributed by atoms with Crippen LogP contribution in [0.15, 0.2) is 97.1 Å². The number of hydrogen-bond donors (Lipinski definition) is 2. The predicted octanol–water partition coefficient (Wildman–Crippen LogP) is 7.20. The van der Waals surface area contributed by atoms with E-state index in [0.29, 0.717) is 26.7 Å². The van der Waals surface area contributed by atoms with Crippen LogP contribution in [0.4, 0.5) is 0 Å². The van der Waals surface area contributed by atoms with E-state index in [1.807, 2.05) is 86.7 Å². The normalized spacial score (nSPS) is 20.6. The quantitative estimate of drug-likeness (QED) is 0.303. The van der Waals surface area contributed by atoms with Gasteiger partial charge in [0.25, 0.3) is 5.91 Å². The van der Waals surface area contributed by atoms with Crippen molar-refractivity contribution in [2.75, 3.05) is 0 Å². The summed E-state index contributed by atoms with van der Waals surface area (Å²) in [5.74, 6) is -0.321. The highest BCUT2D eigenvalue weighted by Gasteiger charge is 2.57. The molecule has 36 heavy (non-hydrogen) atoms. The molecule has 4 aromatic rings. The van der Waals surface area contributed by atoms with Crippen LogP contribution >= 0.6 is 23.2 Å². The number of aliphatic hydroxyl groups is 1. The van der Waals surface area contributed by atoms with Crippen molar-refractivity contribution in [3.05, 3.63) is 146 Å². The maximum atomic E-state index is 13.9. The third kappa shape index (κ3) is 3.67. The van der Waals surface area contributed by atoms with E-state index in [2.05, 4.69) is 5.32 Å². The van der Waals surface area contributed by atoms with Gasteiger partial charge in [-0.25, -0.2) is 0 Å². The van der Waals surface area contributed by atoms with Gasteiger partial charge in [-0.1, -0.05) is 96.0 Å². The lowest BCUT2D eigenvalue weighted by atomic mass is 9.61. The highest BCUT2D eigenvalue weighted by molar-refractivity contribution is 6.31. The molecule has 0 bridgehead atoms. The molecule has 5 heteroatoms. The zero-order chi connectivity index (χ0) is 25.5. The number of fused-ring (bicyclic) bond motifs is 1. The number of benzene rings is 4. The average molecular weight is 514 g/mol. The Labute approximate surface area is 221 Å². The first kappa shape index (κ1) is 24.3. The number of amides is 1. The van der Waals surface area contributed by atoms with E-state index in [0.717, 1.165) is 22.3 Å². The number of hydrogen-bond acceptors (Lipinski definition) is 2. The molecule has 0 spiro atoms. The first-order valence-electron chi connectivity index (χ1n) is 11.7. The molecule has 0 radical (unpaired) electrons.